The van der Waals surface area contributed by atoms with Crippen LogP contribution in [0.15, 0.2) is 48.8 Å². The molecule has 1 atom stereocenters. The molecule has 0 saturated carbocycles. The first-order valence-corrected chi connectivity index (χ1v) is 11.2. The Bertz CT molecular complexity index is 787. The molecule has 0 spiro atoms. The number of ether oxygens (including phenoxy) is 1. The summed E-state index contributed by atoms with van der Waals surface area (Å²) in [5.41, 5.74) is 2.02. The molecule has 1 heterocycles. The number of amides is 2. The third-order valence-electron chi connectivity index (χ3n) is 5.02. The minimum absolute atomic E-state index is 0.0327. The number of nitrogens with one attached hydrogen (secondary N) is 1. The lowest BCUT2D eigenvalue weighted by Crippen LogP contribution is -2.32. The highest BCUT2D eigenvalue weighted by Crippen LogP contribution is 2.19. The van der Waals surface area contributed by atoms with E-state index in [0.29, 0.717) is 25.9 Å². The molecule has 0 aliphatic rings. The lowest BCUT2D eigenvalue weighted by Gasteiger charge is -2.21. The van der Waals surface area contributed by atoms with Crippen LogP contribution in [-0.4, -0.2) is 34.8 Å². The maximum absolute atomic E-state index is 12.3. The molecule has 2 aromatic rings. The molecular formula is C25H35N3O3. The molecule has 2 amide bonds. The third-order valence-corrected chi connectivity index (χ3v) is 5.02. The number of nitrogens with zero attached hydrogens (tertiary/aromatic N) is 2. The summed E-state index contributed by atoms with van der Waals surface area (Å²) in [5, 5.41) is 3.01. The first kappa shape index (κ1) is 24.4. The third kappa shape index (κ3) is 8.79. The molecule has 1 aromatic carbocycles. The van der Waals surface area contributed by atoms with Gasteiger partial charge in [-0.3, -0.25) is 14.6 Å². The van der Waals surface area contributed by atoms with E-state index >= 15 is 0 Å². The second-order valence-corrected chi connectivity index (χ2v) is 7.74. The van der Waals surface area contributed by atoms with Crippen molar-refractivity contribution in [2.45, 2.75) is 65.5 Å². The molecule has 0 aliphatic heterocycles. The fourth-order valence-electron chi connectivity index (χ4n) is 3.36. The second-order valence-electron chi connectivity index (χ2n) is 7.74. The number of benzene rings is 1. The summed E-state index contributed by atoms with van der Waals surface area (Å²) in [6.45, 7) is 8.15. The van der Waals surface area contributed by atoms with Crippen LogP contribution in [0.1, 0.15) is 70.0 Å². The number of carbonyl (C=O) groups is 2. The van der Waals surface area contributed by atoms with Crippen LogP contribution in [0.4, 0.5) is 0 Å². The SMILES string of the molecule is CCCN(CCC)C(=O)CCCC(=O)NC(C)c1ccc(OCc2cccnc2)cc1. The van der Waals surface area contributed by atoms with Crippen molar-refractivity contribution in [3.63, 3.8) is 0 Å². The Labute approximate surface area is 186 Å². The molecule has 0 saturated heterocycles. The highest BCUT2D eigenvalue weighted by molar-refractivity contribution is 5.79. The molecule has 0 aliphatic carbocycles. The number of hydrogen-bond acceptors (Lipinski definition) is 4. The first-order chi connectivity index (χ1) is 15.0. The lowest BCUT2D eigenvalue weighted by molar-refractivity contribution is -0.131. The van der Waals surface area contributed by atoms with Gasteiger partial charge in [0.25, 0.3) is 0 Å². The van der Waals surface area contributed by atoms with Gasteiger partial charge in [0.1, 0.15) is 12.4 Å². The molecule has 6 heteroatoms. The van der Waals surface area contributed by atoms with E-state index in [4.69, 9.17) is 4.74 Å². The fraction of sp³-hybridized carbons (Fsp3) is 0.480. The summed E-state index contributed by atoms with van der Waals surface area (Å²) >= 11 is 0. The van der Waals surface area contributed by atoms with Crippen LogP contribution in [-0.2, 0) is 16.2 Å². The smallest absolute Gasteiger partial charge is 0.222 e. The van der Waals surface area contributed by atoms with Gasteiger partial charge in [-0.15, -0.1) is 0 Å². The summed E-state index contributed by atoms with van der Waals surface area (Å²) in [4.78, 5) is 30.6. The average molecular weight is 426 g/mol. The van der Waals surface area contributed by atoms with Gasteiger partial charge in [0.2, 0.25) is 11.8 Å². The van der Waals surface area contributed by atoms with Crippen molar-refractivity contribution in [3.05, 3.63) is 59.9 Å². The summed E-state index contributed by atoms with van der Waals surface area (Å²) in [6.07, 6.45) is 6.78. The number of rotatable bonds is 13. The van der Waals surface area contributed by atoms with E-state index in [1.54, 1.807) is 12.4 Å². The Morgan fingerprint density at radius 3 is 2.39 bits per heavy atom. The van der Waals surface area contributed by atoms with E-state index in [2.05, 4.69) is 24.1 Å². The zero-order valence-electron chi connectivity index (χ0n) is 19.0. The molecule has 168 valence electrons. The Kier molecular flexibility index (Phi) is 10.6. The highest BCUT2D eigenvalue weighted by Gasteiger charge is 2.14. The van der Waals surface area contributed by atoms with Crippen LogP contribution in [0.3, 0.4) is 0 Å². The van der Waals surface area contributed by atoms with Crippen molar-refractivity contribution < 1.29 is 14.3 Å². The molecule has 2 rings (SSSR count). The Balaban J connectivity index is 1.73. The lowest BCUT2D eigenvalue weighted by atomic mass is 10.1. The van der Waals surface area contributed by atoms with Crippen LogP contribution in [0, 0.1) is 0 Å². The standard InChI is InChI=1S/C25H35N3O3/c1-4-16-28(17-5-2)25(30)10-6-9-24(29)27-20(3)22-11-13-23(14-12-22)31-19-21-8-7-15-26-18-21/h7-8,11-15,18,20H,4-6,9-10,16-17,19H2,1-3H3,(H,27,29). The van der Waals surface area contributed by atoms with Gasteiger partial charge in [0.05, 0.1) is 6.04 Å². The van der Waals surface area contributed by atoms with E-state index in [-0.39, 0.29) is 17.9 Å². The topological polar surface area (TPSA) is 71.5 Å². The largest absolute Gasteiger partial charge is 0.489 e. The molecule has 31 heavy (non-hydrogen) atoms. The van der Waals surface area contributed by atoms with Crippen molar-refractivity contribution in [2.24, 2.45) is 0 Å². The maximum atomic E-state index is 12.3. The summed E-state index contributed by atoms with van der Waals surface area (Å²) in [6, 6.07) is 11.5. The van der Waals surface area contributed by atoms with Gasteiger partial charge < -0.3 is 15.0 Å². The van der Waals surface area contributed by atoms with Gasteiger partial charge in [-0.25, -0.2) is 0 Å². The van der Waals surface area contributed by atoms with E-state index in [0.717, 1.165) is 42.8 Å². The number of aromatic nitrogens is 1. The minimum atomic E-state index is -0.104. The average Bonchev–Trinajstić information content (AvgIpc) is 2.78. The zero-order valence-corrected chi connectivity index (χ0v) is 19.0. The van der Waals surface area contributed by atoms with Crippen molar-refractivity contribution in [1.29, 1.82) is 0 Å². The normalized spacial score (nSPS) is 11.6. The van der Waals surface area contributed by atoms with E-state index in [1.807, 2.05) is 48.2 Å². The number of pyridine rings is 1. The summed E-state index contributed by atoms with van der Waals surface area (Å²) < 4.78 is 5.77. The predicted octanol–water partition coefficient (Wildman–Crippen LogP) is 4.66. The Morgan fingerprint density at radius 1 is 1.06 bits per heavy atom. The molecular weight excluding hydrogens is 390 g/mol. The van der Waals surface area contributed by atoms with Crippen LogP contribution < -0.4 is 10.1 Å². The van der Waals surface area contributed by atoms with Gasteiger partial charge in [0.15, 0.2) is 0 Å². The monoisotopic (exact) mass is 425 g/mol. The van der Waals surface area contributed by atoms with Gasteiger partial charge >= 0.3 is 0 Å². The van der Waals surface area contributed by atoms with Crippen LogP contribution >= 0.6 is 0 Å². The van der Waals surface area contributed by atoms with Crippen molar-refractivity contribution in [2.75, 3.05) is 13.1 Å². The summed E-state index contributed by atoms with van der Waals surface area (Å²) in [7, 11) is 0. The van der Waals surface area contributed by atoms with E-state index in [1.165, 1.54) is 0 Å². The van der Waals surface area contributed by atoms with Gasteiger partial charge in [-0.05, 0) is 49.9 Å². The van der Waals surface area contributed by atoms with Crippen molar-refractivity contribution in [1.82, 2.24) is 15.2 Å². The van der Waals surface area contributed by atoms with Crippen LogP contribution in [0.25, 0.3) is 0 Å². The molecule has 1 aromatic heterocycles. The Hall–Kier alpha value is -2.89. The predicted molar refractivity (Wildman–Crippen MR) is 123 cm³/mol. The van der Waals surface area contributed by atoms with E-state index in [9.17, 15) is 9.59 Å². The minimum Gasteiger partial charge on any atom is -0.489 e. The molecule has 1 unspecified atom stereocenters. The number of hydrogen-bond donors (Lipinski definition) is 1. The maximum Gasteiger partial charge on any atom is 0.222 e. The zero-order chi connectivity index (χ0) is 22.5. The Morgan fingerprint density at radius 2 is 1.77 bits per heavy atom. The fourth-order valence-corrected chi connectivity index (χ4v) is 3.36. The van der Waals surface area contributed by atoms with E-state index < -0.39 is 0 Å². The summed E-state index contributed by atoms with van der Waals surface area (Å²) in [5.74, 6) is 0.884. The number of carbonyl (C=O) groups excluding carboxylic acids is 2. The van der Waals surface area contributed by atoms with Crippen molar-refractivity contribution >= 4 is 11.8 Å². The molecule has 0 bridgehead atoms. The van der Waals surface area contributed by atoms with Gasteiger partial charge in [0, 0.05) is 43.9 Å². The second kappa shape index (κ2) is 13.4. The molecule has 6 nitrogen and oxygen atoms in total. The van der Waals surface area contributed by atoms with Crippen molar-refractivity contribution in [3.8, 4) is 5.75 Å². The van der Waals surface area contributed by atoms with Crippen LogP contribution in [0.5, 0.6) is 5.75 Å². The molecule has 1 N–H and O–H groups in total. The quantitative estimate of drug-likeness (QED) is 0.507. The highest BCUT2D eigenvalue weighted by atomic mass is 16.5. The molecule has 0 radical (unpaired) electrons. The van der Waals surface area contributed by atoms with Crippen LogP contribution in [0.2, 0.25) is 0 Å². The molecule has 0 fully saturated rings. The first-order valence-electron chi connectivity index (χ1n) is 11.2. The van der Waals surface area contributed by atoms with Gasteiger partial charge in [-0.1, -0.05) is 32.0 Å². The van der Waals surface area contributed by atoms with Gasteiger partial charge in [-0.2, -0.15) is 0 Å².